The molecule has 86 valence electrons. The maximum Gasteiger partial charge on any atom is 0.0766 e. The number of hydrogen-bond acceptors (Lipinski definition) is 3. The number of aryl methyl sites for hydroxylation is 2. The molecule has 0 aromatic carbocycles. The number of nitrogens with zero attached hydrogens (tertiary/aromatic N) is 2. The zero-order valence-corrected chi connectivity index (χ0v) is 11.1. The molecule has 15 heavy (non-hydrogen) atoms. The summed E-state index contributed by atoms with van der Waals surface area (Å²) in [4.78, 5) is 0. The quantitative estimate of drug-likeness (QED) is 0.633. The summed E-state index contributed by atoms with van der Waals surface area (Å²) in [6.07, 6.45) is 2.86. The van der Waals surface area contributed by atoms with Gasteiger partial charge in [0.2, 0.25) is 0 Å². The molecule has 1 unspecified atom stereocenters. The second-order valence-electron chi connectivity index (χ2n) is 3.66. The van der Waals surface area contributed by atoms with Gasteiger partial charge in [-0.3, -0.25) is 16.0 Å². The maximum atomic E-state index is 5.48. The molecule has 0 aliphatic heterocycles. The normalized spacial score (nSPS) is 13.1. The highest BCUT2D eigenvalue weighted by Crippen LogP contribution is 2.22. The number of rotatable bonds is 5. The first-order valence-corrected chi connectivity index (χ1v) is 6.09. The molecule has 1 aromatic rings. The Morgan fingerprint density at radius 2 is 2.20 bits per heavy atom. The third-order valence-corrected chi connectivity index (χ3v) is 3.59. The van der Waals surface area contributed by atoms with Crippen LogP contribution in [-0.4, -0.2) is 15.8 Å². The molecule has 1 rings (SSSR count). The molecule has 0 amide bonds. The average Bonchev–Trinajstić information content (AvgIpc) is 2.51. The van der Waals surface area contributed by atoms with Crippen molar-refractivity contribution in [2.24, 2.45) is 12.9 Å². The van der Waals surface area contributed by atoms with Crippen LogP contribution < -0.4 is 11.3 Å². The van der Waals surface area contributed by atoms with Crippen LogP contribution in [0.5, 0.6) is 0 Å². The predicted molar refractivity (Wildman–Crippen MR) is 65.4 cm³/mol. The minimum Gasteiger partial charge on any atom is -0.271 e. The second-order valence-corrected chi connectivity index (χ2v) is 4.45. The fraction of sp³-hybridized carbons (Fsp3) is 0.700. The van der Waals surface area contributed by atoms with E-state index in [1.807, 2.05) is 11.7 Å². The Labute approximate surface area is 99.3 Å². The topological polar surface area (TPSA) is 55.9 Å². The van der Waals surface area contributed by atoms with Crippen molar-refractivity contribution in [2.45, 2.75) is 39.2 Å². The van der Waals surface area contributed by atoms with E-state index in [2.05, 4.69) is 40.3 Å². The monoisotopic (exact) mass is 274 g/mol. The van der Waals surface area contributed by atoms with Crippen LogP contribution in [0.3, 0.4) is 0 Å². The molecule has 0 saturated carbocycles. The standard InChI is InChI=1S/C10H19BrN4/c1-4-7(13-12)6-9-10(11)8(5-2)14-15(9)3/h7,13H,4-6,12H2,1-3H3. The van der Waals surface area contributed by atoms with Crippen molar-refractivity contribution in [3.8, 4) is 0 Å². The molecule has 5 heteroatoms. The summed E-state index contributed by atoms with van der Waals surface area (Å²) in [5, 5.41) is 4.45. The van der Waals surface area contributed by atoms with Crippen molar-refractivity contribution in [2.75, 3.05) is 0 Å². The van der Waals surface area contributed by atoms with Crippen molar-refractivity contribution in [1.29, 1.82) is 0 Å². The van der Waals surface area contributed by atoms with Gasteiger partial charge in [-0.2, -0.15) is 5.10 Å². The summed E-state index contributed by atoms with van der Waals surface area (Å²) in [6.45, 7) is 4.23. The minimum atomic E-state index is 0.307. The summed E-state index contributed by atoms with van der Waals surface area (Å²) < 4.78 is 3.06. The highest BCUT2D eigenvalue weighted by atomic mass is 79.9. The van der Waals surface area contributed by atoms with E-state index in [4.69, 9.17) is 5.84 Å². The summed E-state index contributed by atoms with van der Waals surface area (Å²) >= 11 is 3.60. The van der Waals surface area contributed by atoms with Gasteiger partial charge in [-0.15, -0.1) is 0 Å². The Balaban J connectivity index is 2.88. The van der Waals surface area contributed by atoms with Crippen LogP contribution in [0.1, 0.15) is 31.7 Å². The smallest absolute Gasteiger partial charge is 0.0766 e. The van der Waals surface area contributed by atoms with E-state index in [0.717, 1.165) is 29.4 Å². The Kier molecular flexibility index (Phi) is 4.76. The summed E-state index contributed by atoms with van der Waals surface area (Å²) in [5.74, 6) is 5.48. The highest BCUT2D eigenvalue weighted by molar-refractivity contribution is 9.10. The highest BCUT2D eigenvalue weighted by Gasteiger charge is 2.15. The van der Waals surface area contributed by atoms with E-state index < -0.39 is 0 Å². The van der Waals surface area contributed by atoms with Gasteiger partial charge >= 0.3 is 0 Å². The first-order chi connectivity index (χ1) is 7.13. The minimum absolute atomic E-state index is 0.307. The van der Waals surface area contributed by atoms with Crippen LogP contribution in [0.4, 0.5) is 0 Å². The number of hydrogen-bond donors (Lipinski definition) is 2. The lowest BCUT2D eigenvalue weighted by molar-refractivity contribution is 0.494. The molecular formula is C10H19BrN4. The molecular weight excluding hydrogens is 256 g/mol. The number of hydrazine groups is 1. The van der Waals surface area contributed by atoms with Gasteiger partial charge in [0, 0.05) is 19.5 Å². The molecule has 0 radical (unpaired) electrons. The fourth-order valence-electron chi connectivity index (χ4n) is 1.60. The second kappa shape index (κ2) is 5.63. The lowest BCUT2D eigenvalue weighted by Crippen LogP contribution is -2.36. The first-order valence-electron chi connectivity index (χ1n) is 5.30. The lowest BCUT2D eigenvalue weighted by Gasteiger charge is -2.13. The molecule has 0 bridgehead atoms. The lowest BCUT2D eigenvalue weighted by atomic mass is 10.1. The summed E-state index contributed by atoms with van der Waals surface area (Å²) in [7, 11) is 1.97. The van der Waals surface area contributed by atoms with Crippen LogP contribution in [0, 0.1) is 0 Å². The molecule has 0 spiro atoms. The molecule has 0 aliphatic rings. The fourth-order valence-corrected chi connectivity index (χ4v) is 2.37. The molecule has 0 fully saturated rings. The van der Waals surface area contributed by atoms with Crippen LogP contribution in [-0.2, 0) is 19.9 Å². The summed E-state index contributed by atoms with van der Waals surface area (Å²) in [6, 6.07) is 0.307. The van der Waals surface area contributed by atoms with Gasteiger partial charge in [-0.05, 0) is 28.8 Å². The van der Waals surface area contributed by atoms with Crippen molar-refractivity contribution in [3.05, 3.63) is 15.9 Å². The van der Waals surface area contributed by atoms with E-state index in [0.29, 0.717) is 6.04 Å². The van der Waals surface area contributed by atoms with Gasteiger partial charge in [0.05, 0.1) is 15.9 Å². The van der Waals surface area contributed by atoms with Gasteiger partial charge in [0.1, 0.15) is 0 Å². The Morgan fingerprint density at radius 3 is 2.60 bits per heavy atom. The molecule has 0 aliphatic carbocycles. The number of halogens is 1. The van der Waals surface area contributed by atoms with E-state index in [9.17, 15) is 0 Å². The van der Waals surface area contributed by atoms with Crippen LogP contribution >= 0.6 is 15.9 Å². The zero-order chi connectivity index (χ0) is 11.4. The van der Waals surface area contributed by atoms with Crippen molar-refractivity contribution in [3.63, 3.8) is 0 Å². The van der Waals surface area contributed by atoms with Crippen molar-refractivity contribution < 1.29 is 0 Å². The third kappa shape index (κ3) is 2.80. The van der Waals surface area contributed by atoms with Crippen LogP contribution in [0.15, 0.2) is 4.47 Å². The van der Waals surface area contributed by atoms with Gasteiger partial charge in [-0.1, -0.05) is 13.8 Å². The third-order valence-electron chi connectivity index (χ3n) is 2.67. The van der Waals surface area contributed by atoms with E-state index in [-0.39, 0.29) is 0 Å². The van der Waals surface area contributed by atoms with Crippen molar-refractivity contribution in [1.82, 2.24) is 15.2 Å². The van der Waals surface area contributed by atoms with Crippen molar-refractivity contribution >= 4 is 15.9 Å². The number of nitrogens with one attached hydrogen (secondary N) is 1. The molecule has 1 atom stereocenters. The van der Waals surface area contributed by atoms with Gasteiger partial charge < -0.3 is 0 Å². The predicted octanol–water partition coefficient (Wildman–Crippen LogP) is 1.53. The molecule has 3 N–H and O–H groups in total. The van der Waals surface area contributed by atoms with Crippen LogP contribution in [0.25, 0.3) is 0 Å². The SMILES string of the molecule is CCc1nn(C)c(CC(CC)NN)c1Br. The van der Waals surface area contributed by atoms with Gasteiger partial charge in [0.25, 0.3) is 0 Å². The zero-order valence-electron chi connectivity index (χ0n) is 9.55. The summed E-state index contributed by atoms with van der Waals surface area (Å²) in [5.41, 5.74) is 5.14. The van der Waals surface area contributed by atoms with E-state index in [1.54, 1.807) is 0 Å². The molecule has 4 nitrogen and oxygen atoms in total. The van der Waals surface area contributed by atoms with Gasteiger partial charge in [-0.25, -0.2) is 0 Å². The Hall–Kier alpha value is -0.390. The van der Waals surface area contributed by atoms with E-state index in [1.165, 1.54) is 5.69 Å². The molecule has 0 saturated heterocycles. The molecule has 1 heterocycles. The number of nitrogens with two attached hydrogens (primary N) is 1. The van der Waals surface area contributed by atoms with Crippen LogP contribution in [0.2, 0.25) is 0 Å². The Bertz CT molecular complexity index is 317. The van der Waals surface area contributed by atoms with Gasteiger partial charge in [0.15, 0.2) is 0 Å². The maximum absolute atomic E-state index is 5.48. The van der Waals surface area contributed by atoms with E-state index >= 15 is 0 Å². The molecule has 1 aromatic heterocycles. The largest absolute Gasteiger partial charge is 0.271 e. The first kappa shape index (κ1) is 12.7. The number of aromatic nitrogens is 2. The Morgan fingerprint density at radius 1 is 1.53 bits per heavy atom. The average molecular weight is 275 g/mol.